The number of benzene rings is 2. The number of halogens is 1. The van der Waals surface area contributed by atoms with E-state index in [0.29, 0.717) is 5.88 Å². The number of hydrogen-bond donors (Lipinski definition) is 0. The summed E-state index contributed by atoms with van der Waals surface area (Å²) in [6, 6.07) is 15.4. The molecule has 96 valence electrons. The van der Waals surface area contributed by atoms with Crippen LogP contribution < -0.4 is 0 Å². The van der Waals surface area contributed by atoms with Crippen molar-refractivity contribution in [1.82, 2.24) is 0 Å². The van der Waals surface area contributed by atoms with E-state index in [-0.39, 0.29) is 5.41 Å². The molecule has 0 heterocycles. The van der Waals surface area contributed by atoms with Gasteiger partial charge in [0.2, 0.25) is 0 Å². The maximum atomic E-state index is 5.71. The highest BCUT2D eigenvalue weighted by molar-refractivity contribution is 6.19. The molecule has 0 spiro atoms. The fraction of sp³-hybridized carbons (Fsp3) is 0.222. The molecule has 19 heavy (non-hydrogen) atoms. The van der Waals surface area contributed by atoms with Crippen molar-refractivity contribution in [2.24, 2.45) is 0 Å². The van der Waals surface area contributed by atoms with Gasteiger partial charge in [-0.25, -0.2) is 0 Å². The molecule has 0 bridgehead atoms. The van der Waals surface area contributed by atoms with Crippen molar-refractivity contribution in [3.05, 3.63) is 65.2 Å². The topological polar surface area (TPSA) is 0 Å². The number of hydrogen-bond acceptors (Lipinski definition) is 0. The molecule has 0 saturated carbocycles. The second-order valence-corrected chi connectivity index (χ2v) is 5.84. The SMILES string of the molecule is CC1(C)c2ccccc2-c2ccc(C=CCCl)cc21. The molecule has 0 atom stereocenters. The largest absolute Gasteiger partial charge is 0.122 e. The van der Waals surface area contributed by atoms with Crippen LogP contribution in [0.2, 0.25) is 0 Å². The van der Waals surface area contributed by atoms with Gasteiger partial charge in [0.1, 0.15) is 0 Å². The maximum absolute atomic E-state index is 5.71. The highest BCUT2D eigenvalue weighted by atomic mass is 35.5. The lowest BCUT2D eigenvalue weighted by atomic mass is 9.82. The zero-order valence-corrected chi connectivity index (χ0v) is 12.0. The predicted molar refractivity (Wildman–Crippen MR) is 83.8 cm³/mol. The number of alkyl halides is 1. The molecule has 0 unspecified atom stereocenters. The minimum atomic E-state index is 0.0801. The minimum absolute atomic E-state index is 0.0801. The Kier molecular flexibility index (Phi) is 2.99. The summed E-state index contributed by atoms with van der Waals surface area (Å²) in [6.07, 6.45) is 4.07. The van der Waals surface area contributed by atoms with Crippen molar-refractivity contribution in [3.63, 3.8) is 0 Å². The van der Waals surface area contributed by atoms with Gasteiger partial charge in [-0.2, -0.15) is 0 Å². The fourth-order valence-corrected chi connectivity index (χ4v) is 3.10. The van der Waals surface area contributed by atoms with Gasteiger partial charge < -0.3 is 0 Å². The number of rotatable bonds is 2. The van der Waals surface area contributed by atoms with Crippen molar-refractivity contribution in [3.8, 4) is 11.1 Å². The number of fused-ring (bicyclic) bond motifs is 3. The molecule has 1 aliphatic carbocycles. The monoisotopic (exact) mass is 268 g/mol. The summed E-state index contributed by atoms with van der Waals surface area (Å²) in [6.45, 7) is 4.60. The Morgan fingerprint density at radius 3 is 2.53 bits per heavy atom. The van der Waals surface area contributed by atoms with E-state index in [1.807, 2.05) is 6.08 Å². The lowest BCUT2D eigenvalue weighted by Gasteiger charge is -2.21. The molecule has 3 rings (SSSR count). The van der Waals surface area contributed by atoms with Crippen LogP contribution in [-0.2, 0) is 5.41 Å². The number of allylic oxidation sites excluding steroid dienone is 1. The average molecular weight is 269 g/mol. The standard InChI is InChI=1S/C18H17Cl/c1-18(2)16-8-4-3-7-14(16)15-10-9-13(6-5-11-19)12-17(15)18/h3-10,12H,11H2,1-2H3. The molecule has 0 nitrogen and oxygen atoms in total. The average Bonchev–Trinajstić information content (AvgIpc) is 2.66. The van der Waals surface area contributed by atoms with E-state index in [9.17, 15) is 0 Å². The van der Waals surface area contributed by atoms with Gasteiger partial charge >= 0.3 is 0 Å². The molecule has 1 aliphatic rings. The third-order valence-electron chi connectivity index (χ3n) is 4.01. The van der Waals surface area contributed by atoms with Gasteiger partial charge in [-0.3, -0.25) is 0 Å². The molecular weight excluding hydrogens is 252 g/mol. The summed E-state index contributed by atoms with van der Waals surface area (Å²) in [5.41, 5.74) is 6.87. The molecule has 0 saturated heterocycles. The van der Waals surface area contributed by atoms with Gasteiger partial charge in [0.05, 0.1) is 0 Å². The van der Waals surface area contributed by atoms with E-state index in [4.69, 9.17) is 11.6 Å². The molecule has 0 aliphatic heterocycles. The molecule has 0 fully saturated rings. The van der Waals surface area contributed by atoms with Crippen LogP contribution in [0, 0.1) is 0 Å². The van der Waals surface area contributed by atoms with Gasteiger partial charge in [-0.1, -0.05) is 68.5 Å². The summed E-state index contributed by atoms with van der Waals surface area (Å²) >= 11 is 5.71. The molecule has 0 N–H and O–H groups in total. The van der Waals surface area contributed by atoms with E-state index in [0.717, 1.165) is 0 Å². The Hall–Kier alpha value is -1.53. The molecule has 0 radical (unpaired) electrons. The highest BCUT2D eigenvalue weighted by Crippen LogP contribution is 2.48. The zero-order valence-electron chi connectivity index (χ0n) is 11.3. The van der Waals surface area contributed by atoms with Crippen LogP contribution >= 0.6 is 11.6 Å². The first-order chi connectivity index (χ1) is 9.14. The molecule has 2 aromatic carbocycles. The summed E-state index contributed by atoms with van der Waals surface area (Å²) < 4.78 is 0. The van der Waals surface area contributed by atoms with Crippen LogP contribution in [0.25, 0.3) is 17.2 Å². The van der Waals surface area contributed by atoms with Crippen molar-refractivity contribution in [2.45, 2.75) is 19.3 Å². The smallest absolute Gasteiger partial charge is 0.0407 e. The van der Waals surface area contributed by atoms with Crippen LogP contribution in [0.5, 0.6) is 0 Å². The van der Waals surface area contributed by atoms with Crippen LogP contribution in [0.1, 0.15) is 30.5 Å². The van der Waals surface area contributed by atoms with E-state index >= 15 is 0 Å². The van der Waals surface area contributed by atoms with Crippen LogP contribution in [0.3, 0.4) is 0 Å². The zero-order chi connectivity index (χ0) is 13.5. The first-order valence-electron chi connectivity index (χ1n) is 6.61. The first kappa shape index (κ1) is 12.5. The molecule has 1 heteroatoms. The van der Waals surface area contributed by atoms with E-state index in [1.54, 1.807) is 0 Å². The van der Waals surface area contributed by atoms with E-state index in [1.165, 1.54) is 27.8 Å². The quantitative estimate of drug-likeness (QED) is 0.653. The summed E-state index contributed by atoms with van der Waals surface area (Å²) in [7, 11) is 0. The van der Waals surface area contributed by atoms with E-state index in [2.05, 4.69) is 62.4 Å². The predicted octanol–water partition coefficient (Wildman–Crippen LogP) is 5.24. The van der Waals surface area contributed by atoms with Gasteiger partial charge in [0.15, 0.2) is 0 Å². The Balaban J connectivity index is 2.18. The third kappa shape index (κ3) is 1.91. The highest BCUT2D eigenvalue weighted by Gasteiger charge is 2.34. The molecular formula is C18H17Cl. The third-order valence-corrected chi connectivity index (χ3v) is 4.19. The second-order valence-electron chi connectivity index (χ2n) is 5.53. The first-order valence-corrected chi connectivity index (χ1v) is 7.15. The summed E-state index contributed by atoms with van der Waals surface area (Å²) in [5.74, 6) is 0.556. The molecule has 0 amide bonds. The normalized spacial score (nSPS) is 15.5. The molecule has 2 aromatic rings. The van der Waals surface area contributed by atoms with Gasteiger partial charge in [0.25, 0.3) is 0 Å². The van der Waals surface area contributed by atoms with E-state index < -0.39 is 0 Å². The Morgan fingerprint density at radius 2 is 1.74 bits per heavy atom. The van der Waals surface area contributed by atoms with Crippen molar-refractivity contribution in [2.75, 3.05) is 5.88 Å². The van der Waals surface area contributed by atoms with Crippen LogP contribution in [0.15, 0.2) is 48.5 Å². The van der Waals surface area contributed by atoms with Crippen molar-refractivity contribution < 1.29 is 0 Å². The van der Waals surface area contributed by atoms with Crippen molar-refractivity contribution in [1.29, 1.82) is 0 Å². The van der Waals surface area contributed by atoms with Crippen LogP contribution in [0.4, 0.5) is 0 Å². The Labute approximate surface area is 119 Å². The van der Waals surface area contributed by atoms with Crippen molar-refractivity contribution >= 4 is 17.7 Å². The summed E-state index contributed by atoms with van der Waals surface area (Å²) in [5, 5.41) is 0. The van der Waals surface area contributed by atoms with Gasteiger partial charge in [-0.15, -0.1) is 11.6 Å². The summed E-state index contributed by atoms with van der Waals surface area (Å²) in [4.78, 5) is 0. The van der Waals surface area contributed by atoms with Gasteiger partial charge in [-0.05, 0) is 27.8 Å². The lowest BCUT2D eigenvalue weighted by Crippen LogP contribution is -2.14. The Morgan fingerprint density at radius 1 is 1.00 bits per heavy atom. The maximum Gasteiger partial charge on any atom is 0.0407 e. The second kappa shape index (κ2) is 4.54. The Bertz CT molecular complexity index is 650. The van der Waals surface area contributed by atoms with Gasteiger partial charge in [0, 0.05) is 11.3 Å². The van der Waals surface area contributed by atoms with Crippen LogP contribution in [-0.4, -0.2) is 5.88 Å². The minimum Gasteiger partial charge on any atom is -0.122 e. The molecule has 0 aromatic heterocycles. The fourth-order valence-electron chi connectivity index (χ4n) is 3.01. The lowest BCUT2D eigenvalue weighted by molar-refractivity contribution is 0.660.